The zero-order chi connectivity index (χ0) is 13.9. The molecule has 1 aromatic carbocycles. The Bertz CT molecular complexity index is 343. The quantitative estimate of drug-likeness (QED) is 0.645. The molecule has 0 aromatic heterocycles. The smallest absolute Gasteiger partial charge is 0.129 e. The average molecular weight is 267 g/mol. The summed E-state index contributed by atoms with van der Waals surface area (Å²) in [6.45, 7) is 6.45. The second kappa shape index (κ2) is 9.93. The average Bonchev–Trinajstić information content (AvgIpc) is 2.43. The Morgan fingerprint density at radius 2 is 1.95 bits per heavy atom. The molecular weight excluding hydrogens is 241 g/mol. The maximum Gasteiger partial charge on any atom is 0.129 e. The molecule has 0 aliphatic heterocycles. The number of nitrogens with one attached hydrogen (secondary N) is 1. The van der Waals surface area contributed by atoms with E-state index in [-0.39, 0.29) is 11.9 Å². The predicted octanol–water partition coefficient (Wildman–Crippen LogP) is 4.07. The molecule has 0 saturated heterocycles. The number of halogens is 1. The number of rotatable bonds is 10. The van der Waals surface area contributed by atoms with Gasteiger partial charge >= 0.3 is 0 Å². The fraction of sp³-hybridized carbons (Fsp3) is 0.625. The molecule has 1 N–H and O–H groups in total. The topological polar surface area (TPSA) is 21.3 Å². The van der Waals surface area contributed by atoms with Gasteiger partial charge in [0, 0.05) is 18.7 Å². The largest absolute Gasteiger partial charge is 0.372 e. The van der Waals surface area contributed by atoms with Crippen LogP contribution in [0.15, 0.2) is 24.3 Å². The van der Waals surface area contributed by atoms with E-state index >= 15 is 0 Å². The lowest BCUT2D eigenvalue weighted by Gasteiger charge is -2.19. The second-order valence-corrected chi connectivity index (χ2v) is 4.75. The molecule has 0 aliphatic rings. The Balaban J connectivity index is 2.49. The van der Waals surface area contributed by atoms with Crippen LogP contribution < -0.4 is 5.32 Å². The van der Waals surface area contributed by atoms with Crippen LogP contribution in [0.4, 0.5) is 4.39 Å². The summed E-state index contributed by atoms with van der Waals surface area (Å²) < 4.78 is 19.6. The van der Waals surface area contributed by atoms with Gasteiger partial charge in [-0.1, -0.05) is 51.3 Å². The molecule has 0 fully saturated rings. The number of likely N-dealkylation sites (N-methyl/N-ethyl adjacent to an activating group) is 1. The zero-order valence-electron chi connectivity index (χ0n) is 12.1. The summed E-state index contributed by atoms with van der Waals surface area (Å²) in [7, 11) is 0. The molecule has 3 heteroatoms. The van der Waals surface area contributed by atoms with E-state index in [1.807, 2.05) is 19.1 Å². The zero-order valence-corrected chi connectivity index (χ0v) is 12.1. The minimum atomic E-state index is -0.192. The van der Waals surface area contributed by atoms with Gasteiger partial charge in [-0.2, -0.15) is 0 Å². The fourth-order valence-electron chi connectivity index (χ4n) is 2.02. The standard InChI is InChI=1S/C16H26FNO/c1-3-5-6-9-12-19-16(13-18-4-2)14-10-7-8-11-15(14)17/h7-8,10-11,16,18H,3-6,9,12-13H2,1-2H3. The SMILES string of the molecule is CCCCCCOC(CNCC)c1ccccc1F. The van der Waals surface area contributed by atoms with Crippen LogP contribution in [0.1, 0.15) is 51.2 Å². The number of benzene rings is 1. The third-order valence-corrected chi connectivity index (χ3v) is 3.15. The summed E-state index contributed by atoms with van der Waals surface area (Å²) in [5, 5.41) is 3.23. The van der Waals surface area contributed by atoms with Crippen molar-refractivity contribution in [3.05, 3.63) is 35.6 Å². The van der Waals surface area contributed by atoms with E-state index in [1.165, 1.54) is 25.3 Å². The van der Waals surface area contributed by atoms with Crippen molar-refractivity contribution >= 4 is 0 Å². The molecule has 0 radical (unpaired) electrons. The number of unbranched alkanes of at least 4 members (excludes halogenated alkanes) is 3. The Kier molecular flexibility index (Phi) is 8.43. The van der Waals surface area contributed by atoms with Crippen LogP contribution in [0.25, 0.3) is 0 Å². The van der Waals surface area contributed by atoms with Crippen LogP contribution in [0.2, 0.25) is 0 Å². The first-order chi connectivity index (χ1) is 9.29. The van der Waals surface area contributed by atoms with E-state index in [1.54, 1.807) is 6.07 Å². The van der Waals surface area contributed by atoms with Gasteiger partial charge in [-0.15, -0.1) is 0 Å². The second-order valence-electron chi connectivity index (χ2n) is 4.75. The van der Waals surface area contributed by atoms with Crippen molar-refractivity contribution in [2.75, 3.05) is 19.7 Å². The summed E-state index contributed by atoms with van der Waals surface area (Å²) in [4.78, 5) is 0. The highest BCUT2D eigenvalue weighted by atomic mass is 19.1. The van der Waals surface area contributed by atoms with Crippen molar-refractivity contribution in [3.8, 4) is 0 Å². The molecule has 2 nitrogen and oxygen atoms in total. The van der Waals surface area contributed by atoms with Crippen LogP contribution in [0.5, 0.6) is 0 Å². The van der Waals surface area contributed by atoms with Crippen molar-refractivity contribution < 1.29 is 9.13 Å². The highest BCUT2D eigenvalue weighted by Gasteiger charge is 2.15. The Morgan fingerprint density at radius 3 is 2.63 bits per heavy atom. The van der Waals surface area contributed by atoms with Crippen molar-refractivity contribution in [2.24, 2.45) is 0 Å². The van der Waals surface area contributed by atoms with Crippen molar-refractivity contribution in [1.82, 2.24) is 5.32 Å². The first-order valence-electron chi connectivity index (χ1n) is 7.36. The third-order valence-electron chi connectivity index (χ3n) is 3.15. The van der Waals surface area contributed by atoms with Crippen molar-refractivity contribution in [2.45, 2.75) is 45.6 Å². The molecule has 0 spiro atoms. The Hall–Kier alpha value is -0.930. The number of hydrogen-bond donors (Lipinski definition) is 1. The van der Waals surface area contributed by atoms with Crippen LogP contribution in [-0.4, -0.2) is 19.7 Å². The molecule has 0 bridgehead atoms. The third kappa shape index (κ3) is 6.17. The molecule has 0 amide bonds. The molecule has 19 heavy (non-hydrogen) atoms. The van der Waals surface area contributed by atoms with Crippen LogP contribution in [0.3, 0.4) is 0 Å². The molecule has 0 aliphatic carbocycles. The lowest BCUT2D eigenvalue weighted by molar-refractivity contribution is 0.0479. The predicted molar refractivity (Wildman–Crippen MR) is 77.8 cm³/mol. The molecule has 1 atom stereocenters. The van der Waals surface area contributed by atoms with Gasteiger partial charge in [-0.25, -0.2) is 4.39 Å². The van der Waals surface area contributed by atoms with E-state index in [0.717, 1.165) is 13.0 Å². The summed E-state index contributed by atoms with van der Waals surface area (Å²) >= 11 is 0. The van der Waals surface area contributed by atoms with E-state index in [4.69, 9.17) is 4.74 Å². The van der Waals surface area contributed by atoms with Gasteiger partial charge in [0.2, 0.25) is 0 Å². The molecular formula is C16H26FNO. The van der Waals surface area contributed by atoms with E-state index < -0.39 is 0 Å². The summed E-state index contributed by atoms with van der Waals surface area (Å²) in [6, 6.07) is 6.88. The fourth-order valence-corrected chi connectivity index (χ4v) is 2.02. The lowest BCUT2D eigenvalue weighted by atomic mass is 10.1. The van der Waals surface area contributed by atoms with Gasteiger partial charge in [0.05, 0.1) is 6.10 Å². The highest BCUT2D eigenvalue weighted by molar-refractivity contribution is 5.20. The van der Waals surface area contributed by atoms with Crippen LogP contribution in [-0.2, 0) is 4.74 Å². The van der Waals surface area contributed by atoms with Gasteiger partial charge in [-0.3, -0.25) is 0 Å². The normalized spacial score (nSPS) is 12.6. The van der Waals surface area contributed by atoms with E-state index in [9.17, 15) is 4.39 Å². The first-order valence-corrected chi connectivity index (χ1v) is 7.36. The van der Waals surface area contributed by atoms with Crippen molar-refractivity contribution in [3.63, 3.8) is 0 Å². The Morgan fingerprint density at radius 1 is 1.16 bits per heavy atom. The van der Waals surface area contributed by atoms with Crippen LogP contribution in [0, 0.1) is 5.82 Å². The van der Waals surface area contributed by atoms with Gasteiger partial charge in [0.15, 0.2) is 0 Å². The monoisotopic (exact) mass is 267 g/mol. The molecule has 0 heterocycles. The summed E-state index contributed by atoms with van der Waals surface area (Å²) in [5.74, 6) is -0.182. The minimum absolute atomic E-state index is 0.182. The number of hydrogen-bond acceptors (Lipinski definition) is 2. The first kappa shape index (κ1) is 16.1. The van der Waals surface area contributed by atoms with Crippen molar-refractivity contribution in [1.29, 1.82) is 0 Å². The highest BCUT2D eigenvalue weighted by Crippen LogP contribution is 2.20. The molecule has 1 aromatic rings. The van der Waals surface area contributed by atoms with Gasteiger partial charge < -0.3 is 10.1 Å². The lowest BCUT2D eigenvalue weighted by Crippen LogP contribution is -2.24. The van der Waals surface area contributed by atoms with E-state index in [0.29, 0.717) is 18.7 Å². The molecule has 1 rings (SSSR count). The summed E-state index contributed by atoms with van der Waals surface area (Å²) in [6.07, 6.45) is 4.49. The van der Waals surface area contributed by atoms with Crippen LogP contribution >= 0.6 is 0 Å². The maximum atomic E-state index is 13.8. The van der Waals surface area contributed by atoms with Gasteiger partial charge in [0.1, 0.15) is 5.82 Å². The van der Waals surface area contributed by atoms with Gasteiger partial charge in [0.25, 0.3) is 0 Å². The molecule has 0 saturated carbocycles. The van der Waals surface area contributed by atoms with Gasteiger partial charge in [-0.05, 0) is 19.0 Å². The van der Waals surface area contributed by atoms with E-state index in [2.05, 4.69) is 12.2 Å². The number of ether oxygens (including phenoxy) is 1. The Labute approximate surface area is 116 Å². The minimum Gasteiger partial charge on any atom is -0.372 e. The maximum absolute atomic E-state index is 13.8. The summed E-state index contributed by atoms with van der Waals surface area (Å²) in [5.41, 5.74) is 0.652. The molecule has 1 unspecified atom stereocenters. The molecule has 108 valence electrons.